The molecule has 3 N–H and O–H groups in total. The Bertz CT molecular complexity index is 572. The summed E-state index contributed by atoms with van der Waals surface area (Å²) in [5, 5.41) is 9.67. The topological polar surface area (TPSA) is 68.4 Å². The highest BCUT2D eigenvalue weighted by molar-refractivity contribution is 7.80. The molecule has 0 saturated carbocycles. The van der Waals surface area contributed by atoms with Crippen molar-refractivity contribution in [3.8, 4) is 5.75 Å². The molecule has 0 radical (unpaired) electrons. The lowest BCUT2D eigenvalue weighted by atomic mass is 10.1. The number of thiocarbonyl (C=S) groups is 1. The third-order valence-corrected chi connectivity index (χ3v) is 2.76. The SMILES string of the molecule is NC(=S)c1cnc2ccccc2c1OCCCO. The lowest BCUT2D eigenvalue weighted by Gasteiger charge is -2.12. The number of ether oxygens (including phenoxy) is 1. The first kappa shape index (κ1) is 12.7. The van der Waals surface area contributed by atoms with Crippen LogP contribution in [0.25, 0.3) is 10.9 Å². The maximum Gasteiger partial charge on any atom is 0.140 e. The van der Waals surface area contributed by atoms with Gasteiger partial charge in [0.1, 0.15) is 10.7 Å². The Morgan fingerprint density at radius 1 is 1.39 bits per heavy atom. The highest BCUT2D eigenvalue weighted by Crippen LogP contribution is 2.28. The molecule has 2 rings (SSSR count). The average molecular weight is 262 g/mol. The van der Waals surface area contributed by atoms with Crippen LogP contribution in [0.5, 0.6) is 5.75 Å². The number of aromatic nitrogens is 1. The van der Waals surface area contributed by atoms with Crippen molar-refractivity contribution in [3.63, 3.8) is 0 Å². The quantitative estimate of drug-likeness (QED) is 0.633. The molecule has 0 unspecified atom stereocenters. The van der Waals surface area contributed by atoms with Crippen LogP contribution >= 0.6 is 12.2 Å². The lowest BCUT2D eigenvalue weighted by molar-refractivity contribution is 0.234. The summed E-state index contributed by atoms with van der Waals surface area (Å²) < 4.78 is 5.68. The van der Waals surface area contributed by atoms with Crippen LogP contribution in [-0.4, -0.2) is 28.3 Å². The van der Waals surface area contributed by atoms with Gasteiger partial charge in [-0.3, -0.25) is 4.98 Å². The van der Waals surface area contributed by atoms with Crippen LogP contribution in [0.3, 0.4) is 0 Å². The van der Waals surface area contributed by atoms with Gasteiger partial charge in [-0.1, -0.05) is 24.4 Å². The van der Waals surface area contributed by atoms with Gasteiger partial charge in [0.25, 0.3) is 0 Å². The summed E-state index contributed by atoms with van der Waals surface area (Å²) >= 11 is 5.00. The Labute approximate surface area is 110 Å². The predicted molar refractivity (Wildman–Crippen MR) is 74.8 cm³/mol. The summed E-state index contributed by atoms with van der Waals surface area (Å²) in [6.07, 6.45) is 2.19. The number of pyridine rings is 1. The second-order valence-corrected chi connectivity index (χ2v) is 4.25. The standard InChI is InChI=1S/C13H14N2O2S/c14-13(18)10-8-15-11-5-2-1-4-9(11)12(10)17-7-3-6-16/h1-2,4-5,8,16H,3,6-7H2,(H2,14,18). The first-order valence-corrected chi connectivity index (χ1v) is 6.06. The van der Waals surface area contributed by atoms with Gasteiger partial charge in [-0.05, 0) is 12.1 Å². The van der Waals surface area contributed by atoms with Gasteiger partial charge in [-0.2, -0.15) is 0 Å². The normalized spacial score (nSPS) is 10.5. The molecule has 0 bridgehead atoms. The molecule has 0 aliphatic carbocycles. The van der Waals surface area contributed by atoms with Crippen LogP contribution in [0.2, 0.25) is 0 Å². The maximum atomic E-state index is 8.79. The summed E-state index contributed by atoms with van der Waals surface area (Å²) in [5.41, 5.74) is 7.13. The van der Waals surface area contributed by atoms with Crippen molar-refractivity contribution in [2.24, 2.45) is 5.73 Å². The largest absolute Gasteiger partial charge is 0.492 e. The van der Waals surface area contributed by atoms with Gasteiger partial charge in [-0.15, -0.1) is 0 Å². The Kier molecular flexibility index (Phi) is 4.07. The molecule has 0 aliphatic heterocycles. The van der Waals surface area contributed by atoms with Crippen LogP contribution in [0.1, 0.15) is 12.0 Å². The van der Waals surface area contributed by atoms with E-state index in [9.17, 15) is 0 Å². The minimum Gasteiger partial charge on any atom is -0.492 e. The number of hydrogen-bond donors (Lipinski definition) is 2. The first-order chi connectivity index (χ1) is 8.74. The number of rotatable bonds is 5. The monoisotopic (exact) mass is 262 g/mol. The molecule has 94 valence electrons. The van der Waals surface area contributed by atoms with Crippen LogP contribution < -0.4 is 10.5 Å². The van der Waals surface area contributed by atoms with E-state index in [2.05, 4.69) is 4.98 Å². The fraction of sp³-hybridized carbons (Fsp3) is 0.231. The van der Waals surface area contributed by atoms with Crippen molar-refractivity contribution in [2.45, 2.75) is 6.42 Å². The summed E-state index contributed by atoms with van der Waals surface area (Å²) in [7, 11) is 0. The van der Waals surface area contributed by atoms with Crippen molar-refractivity contribution in [1.82, 2.24) is 4.98 Å². The van der Waals surface area contributed by atoms with Gasteiger partial charge < -0.3 is 15.6 Å². The third kappa shape index (κ3) is 2.57. The number of aliphatic hydroxyl groups is 1. The molecular weight excluding hydrogens is 248 g/mol. The second kappa shape index (κ2) is 5.75. The van der Waals surface area contributed by atoms with Gasteiger partial charge in [-0.25, -0.2) is 0 Å². The molecule has 0 amide bonds. The van der Waals surface area contributed by atoms with E-state index in [4.69, 9.17) is 27.8 Å². The number of fused-ring (bicyclic) bond motifs is 1. The van der Waals surface area contributed by atoms with Crippen LogP contribution in [0.15, 0.2) is 30.5 Å². The fourth-order valence-corrected chi connectivity index (χ4v) is 1.83. The predicted octanol–water partition coefficient (Wildman–Crippen LogP) is 1.63. The van der Waals surface area contributed by atoms with Gasteiger partial charge >= 0.3 is 0 Å². The van der Waals surface area contributed by atoms with Crippen molar-refractivity contribution >= 4 is 28.1 Å². The van der Waals surface area contributed by atoms with Crippen molar-refractivity contribution in [1.29, 1.82) is 0 Å². The molecule has 1 aromatic heterocycles. The molecule has 0 saturated heterocycles. The molecule has 4 nitrogen and oxygen atoms in total. The van der Waals surface area contributed by atoms with Gasteiger partial charge in [0.05, 0.1) is 17.7 Å². The number of aliphatic hydroxyl groups excluding tert-OH is 1. The van der Waals surface area contributed by atoms with E-state index in [-0.39, 0.29) is 11.6 Å². The molecule has 0 spiro atoms. The van der Waals surface area contributed by atoms with E-state index in [1.807, 2.05) is 24.3 Å². The van der Waals surface area contributed by atoms with Crippen LogP contribution in [0.4, 0.5) is 0 Å². The zero-order valence-corrected chi connectivity index (χ0v) is 10.6. The van der Waals surface area contributed by atoms with E-state index in [0.717, 1.165) is 10.9 Å². The van der Waals surface area contributed by atoms with E-state index < -0.39 is 0 Å². The molecule has 0 aliphatic rings. The number of nitrogens with zero attached hydrogens (tertiary/aromatic N) is 1. The smallest absolute Gasteiger partial charge is 0.140 e. The second-order valence-electron chi connectivity index (χ2n) is 3.81. The van der Waals surface area contributed by atoms with E-state index in [1.54, 1.807) is 6.20 Å². The third-order valence-electron chi connectivity index (χ3n) is 2.54. The molecule has 2 aromatic rings. The highest BCUT2D eigenvalue weighted by Gasteiger charge is 2.11. The van der Waals surface area contributed by atoms with Crippen molar-refractivity contribution in [2.75, 3.05) is 13.2 Å². The van der Waals surface area contributed by atoms with Crippen molar-refractivity contribution in [3.05, 3.63) is 36.0 Å². The van der Waals surface area contributed by atoms with Gasteiger partial charge in [0.15, 0.2) is 0 Å². The van der Waals surface area contributed by atoms with Crippen LogP contribution in [0, 0.1) is 0 Å². The number of para-hydroxylation sites is 1. The van der Waals surface area contributed by atoms with E-state index >= 15 is 0 Å². The molecule has 18 heavy (non-hydrogen) atoms. The lowest BCUT2D eigenvalue weighted by Crippen LogP contribution is -2.13. The summed E-state index contributed by atoms with van der Waals surface area (Å²) in [6, 6.07) is 7.63. The Balaban J connectivity index is 2.48. The molecule has 0 fully saturated rings. The minimum absolute atomic E-state index is 0.0887. The molecule has 1 heterocycles. The first-order valence-electron chi connectivity index (χ1n) is 5.65. The van der Waals surface area contributed by atoms with Gasteiger partial charge in [0.2, 0.25) is 0 Å². The maximum absolute atomic E-state index is 8.79. The summed E-state index contributed by atoms with van der Waals surface area (Å²) in [4.78, 5) is 4.55. The van der Waals surface area contributed by atoms with E-state index in [0.29, 0.717) is 24.3 Å². The minimum atomic E-state index is 0.0887. The summed E-state index contributed by atoms with van der Waals surface area (Å²) in [5.74, 6) is 0.640. The molecule has 5 heteroatoms. The number of benzene rings is 1. The molecule has 1 aromatic carbocycles. The summed E-state index contributed by atoms with van der Waals surface area (Å²) in [6.45, 7) is 0.505. The number of nitrogens with two attached hydrogens (primary N) is 1. The zero-order valence-electron chi connectivity index (χ0n) is 9.80. The number of hydrogen-bond acceptors (Lipinski definition) is 4. The molecule has 0 atom stereocenters. The Morgan fingerprint density at radius 2 is 2.17 bits per heavy atom. The Hall–Kier alpha value is -1.72. The van der Waals surface area contributed by atoms with Crippen molar-refractivity contribution < 1.29 is 9.84 Å². The van der Waals surface area contributed by atoms with Gasteiger partial charge in [0, 0.05) is 24.6 Å². The van der Waals surface area contributed by atoms with Crippen LogP contribution in [-0.2, 0) is 0 Å². The van der Waals surface area contributed by atoms with E-state index in [1.165, 1.54) is 0 Å². The highest BCUT2D eigenvalue weighted by atomic mass is 32.1. The molecular formula is C13H14N2O2S. The fourth-order valence-electron chi connectivity index (χ4n) is 1.69. The zero-order chi connectivity index (χ0) is 13.0. The Morgan fingerprint density at radius 3 is 2.89 bits per heavy atom. The average Bonchev–Trinajstić information content (AvgIpc) is 2.38.